The Labute approximate surface area is 444 Å². The van der Waals surface area contributed by atoms with Crippen molar-refractivity contribution in [1.29, 1.82) is 0 Å². The maximum atomic E-state index is 12.8. The fourth-order valence-corrected chi connectivity index (χ4v) is 8.09. The lowest BCUT2D eigenvalue weighted by Gasteiger charge is -2.18. The number of esters is 3. The first kappa shape index (κ1) is 68.1. The summed E-state index contributed by atoms with van der Waals surface area (Å²) in [6.45, 7) is 6.34. The Morgan fingerprint density at radius 2 is 0.569 bits per heavy atom. The van der Waals surface area contributed by atoms with Crippen molar-refractivity contribution in [1.82, 2.24) is 0 Å². The van der Waals surface area contributed by atoms with E-state index in [-0.39, 0.29) is 37.5 Å². The van der Waals surface area contributed by atoms with Crippen LogP contribution in [0.25, 0.3) is 0 Å². The molecule has 0 amide bonds. The third kappa shape index (κ3) is 57.0. The lowest BCUT2D eigenvalue weighted by atomic mass is 10.0. The van der Waals surface area contributed by atoms with Gasteiger partial charge in [-0.3, -0.25) is 14.4 Å². The highest BCUT2D eigenvalue weighted by Crippen LogP contribution is 2.15. The summed E-state index contributed by atoms with van der Waals surface area (Å²) < 4.78 is 16.8. The molecule has 0 aromatic heterocycles. The Balaban J connectivity index is 4.30. The molecule has 6 heteroatoms. The first-order valence-corrected chi connectivity index (χ1v) is 29.9. The lowest BCUT2D eigenvalue weighted by molar-refractivity contribution is -0.166. The topological polar surface area (TPSA) is 78.9 Å². The fourth-order valence-electron chi connectivity index (χ4n) is 8.09. The number of hydrogen-bond acceptors (Lipinski definition) is 6. The van der Waals surface area contributed by atoms with Gasteiger partial charge in [-0.25, -0.2) is 0 Å². The molecule has 0 spiro atoms. The van der Waals surface area contributed by atoms with E-state index in [1.165, 1.54) is 122 Å². The Hall–Kier alpha value is -3.93. The Morgan fingerprint density at radius 1 is 0.292 bits per heavy atom. The van der Waals surface area contributed by atoms with Gasteiger partial charge in [0.1, 0.15) is 13.2 Å². The van der Waals surface area contributed by atoms with E-state index in [4.69, 9.17) is 14.2 Å². The highest BCUT2D eigenvalue weighted by molar-refractivity contribution is 5.71. The van der Waals surface area contributed by atoms with Crippen molar-refractivity contribution >= 4 is 17.9 Å². The molecule has 0 aliphatic rings. The average Bonchev–Trinajstić information content (AvgIpc) is 3.38. The molecule has 1 unspecified atom stereocenters. The summed E-state index contributed by atoms with van der Waals surface area (Å²) in [5.41, 5.74) is 0. The van der Waals surface area contributed by atoms with Crippen molar-refractivity contribution in [2.45, 2.75) is 277 Å². The van der Waals surface area contributed by atoms with Gasteiger partial charge in [0.25, 0.3) is 0 Å². The van der Waals surface area contributed by atoms with Gasteiger partial charge in [0.2, 0.25) is 0 Å². The second kappa shape index (κ2) is 59.6. The standard InChI is InChI=1S/C66H110O6/c1-4-7-10-13-16-19-22-25-27-28-29-30-31-32-33-34-35-36-37-38-39-42-44-47-50-53-56-59-65(68)71-62-63(61-70-64(67)58-55-52-49-46-43-40-24-21-18-15-12-9-6-3)72-66(69)60-57-54-51-48-45-41-26-23-20-17-14-11-8-5-2/h7,9-10,12,16,18-19,21,23,25-27,29-30,40,43,49,52,63H,4-6,8,11,13-15,17,20,22,24,28,31-39,41-42,44-48,50-51,53-62H2,1-3H3/b10-7-,12-9-,19-16-,21-18-,26-23-,27-25-,30-29-,43-40-,52-49-. The molecule has 0 aromatic carbocycles. The van der Waals surface area contributed by atoms with Gasteiger partial charge in [-0.05, 0) is 109 Å². The molecule has 0 saturated heterocycles. The molecule has 0 fully saturated rings. The van der Waals surface area contributed by atoms with Crippen LogP contribution in [0.3, 0.4) is 0 Å². The van der Waals surface area contributed by atoms with Crippen molar-refractivity contribution in [2.75, 3.05) is 13.2 Å². The van der Waals surface area contributed by atoms with Crippen LogP contribution in [-0.4, -0.2) is 37.2 Å². The highest BCUT2D eigenvalue weighted by atomic mass is 16.6. The van der Waals surface area contributed by atoms with Crippen LogP contribution in [0, 0.1) is 0 Å². The van der Waals surface area contributed by atoms with Gasteiger partial charge in [0.15, 0.2) is 6.10 Å². The molecule has 410 valence electrons. The normalized spacial score (nSPS) is 12.9. The summed E-state index contributed by atoms with van der Waals surface area (Å²) in [7, 11) is 0. The van der Waals surface area contributed by atoms with Crippen LogP contribution in [0.1, 0.15) is 271 Å². The van der Waals surface area contributed by atoms with Crippen LogP contribution in [0.15, 0.2) is 109 Å². The van der Waals surface area contributed by atoms with Crippen LogP contribution in [0.2, 0.25) is 0 Å². The maximum absolute atomic E-state index is 12.8. The smallest absolute Gasteiger partial charge is 0.306 e. The van der Waals surface area contributed by atoms with Crippen LogP contribution >= 0.6 is 0 Å². The third-order valence-corrected chi connectivity index (χ3v) is 12.5. The molecule has 0 aliphatic heterocycles. The van der Waals surface area contributed by atoms with Gasteiger partial charge in [-0.1, -0.05) is 252 Å². The third-order valence-electron chi connectivity index (χ3n) is 12.5. The monoisotopic (exact) mass is 999 g/mol. The van der Waals surface area contributed by atoms with E-state index < -0.39 is 6.10 Å². The van der Waals surface area contributed by atoms with Crippen molar-refractivity contribution in [2.24, 2.45) is 0 Å². The minimum Gasteiger partial charge on any atom is -0.462 e. The fraction of sp³-hybridized carbons (Fsp3) is 0.682. The van der Waals surface area contributed by atoms with Gasteiger partial charge in [-0.15, -0.1) is 0 Å². The minimum atomic E-state index is -0.812. The zero-order chi connectivity index (χ0) is 52.2. The van der Waals surface area contributed by atoms with Crippen molar-refractivity contribution in [3.05, 3.63) is 109 Å². The van der Waals surface area contributed by atoms with Crippen LogP contribution in [0.4, 0.5) is 0 Å². The van der Waals surface area contributed by atoms with E-state index in [1.807, 2.05) is 6.08 Å². The molecule has 0 rings (SSSR count). The van der Waals surface area contributed by atoms with Crippen LogP contribution in [0.5, 0.6) is 0 Å². The van der Waals surface area contributed by atoms with Gasteiger partial charge < -0.3 is 14.2 Å². The number of rotatable bonds is 53. The van der Waals surface area contributed by atoms with E-state index in [0.717, 1.165) is 103 Å². The van der Waals surface area contributed by atoms with Gasteiger partial charge in [0, 0.05) is 19.3 Å². The molecule has 0 aliphatic carbocycles. The van der Waals surface area contributed by atoms with Crippen LogP contribution < -0.4 is 0 Å². The summed E-state index contributed by atoms with van der Waals surface area (Å²) in [6.07, 6.45) is 81.1. The Kier molecular flexibility index (Phi) is 56.4. The SMILES string of the molecule is CC/C=C\C/C=C\C/C=C\C/C=C\CCCCCCCCCCCCCCCCC(=O)OCC(COC(=O)CC/C=C\C/C=C\C/C=C\C/C=C\CC)OC(=O)CCCCCCC/C=C\CCCCCCC. The number of ether oxygens (including phenoxy) is 3. The average molecular weight is 1000 g/mol. The second-order valence-corrected chi connectivity index (χ2v) is 19.5. The van der Waals surface area contributed by atoms with Crippen LogP contribution in [-0.2, 0) is 28.6 Å². The number of allylic oxidation sites excluding steroid dienone is 18. The summed E-state index contributed by atoms with van der Waals surface area (Å²) in [6, 6.07) is 0. The number of hydrogen-bond donors (Lipinski definition) is 0. The quantitative estimate of drug-likeness (QED) is 0.0261. The predicted molar refractivity (Wildman–Crippen MR) is 311 cm³/mol. The molecule has 0 N–H and O–H groups in total. The van der Waals surface area contributed by atoms with E-state index in [9.17, 15) is 14.4 Å². The lowest BCUT2D eigenvalue weighted by Crippen LogP contribution is -2.30. The molecular formula is C66H110O6. The first-order chi connectivity index (χ1) is 35.5. The molecule has 0 aromatic rings. The molecule has 0 heterocycles. The molecule has 0 radical (unpaired) electrons. The molecule has 1 atom stereocenters. The zero-order valence-electron chi connectivity index (χ0n) is 46.9. The summed E-state index contributed by atoms with van der Waals surface area (Å²) in [5, 5.41) is 0. The number of unbranched alkanes of at least 4 members (excludes halogenated alkanes) is 24. The summed E-state index contributed by atoms with van der Waals surface area (Å²) in [5.74, 6) is -0.995. The van der Waals surface area contributed by atoms with E-state index >= 15 is 0 Å². The molecule has 72 heavy (non-hydrogen) atoms. The summed E-state index contributed by atoms with van der Waals surface area (Å²) in [4.78, 5) is 38.1. The van der Waals surface area contributed by atoms with Crippen molar-refractivity contribution in [3.8, 4) is 0 Å². The molecule has 0 bridgehead atoms. The Bertz CT molecular complexity index is 1470. The second-order valence-electron chi connectivity index (χ2n) is 19.5. The van der Waals surface area contributed by atoms with E-state index in [0.29, 0.717) is 19.3 Å². The van der Waals surface area contributed by atoms with E-state index in [2.05, 4.69) is 124 Å². The largest absolute Gasteiger partial charge is 0.462 e. The van der Waals surface area contributed by atoms with Crippen molar-refractivity contribution in [3.63, 3.8) is 0 Å². The molecular weight excluding hydrogens is 889 g/mol. The molecule has 6 nitrogen and oxygen atoms in total. The van der Waals surface area contributed by atoms with Gasteiger partial charge >= 0.3 is 17.9 Å². The zero-order valence-corrected chi connectivity index (χ0v) is 46.9. The van der Waals surface area contributed by atoms with Gasteiger partial charge in [0.05, 0.1) is 0 Å². The van der Waals surface area contributed by atoms with Gasteiger partial charge in [-0.2, -0.15) is 0 Å². The first-order valence-electron chi connectivity index (χ1n) is 29.9. The summed E-state index contributed by atoms with van der Waals surface area (Å²) >= 11 is 0. The van der Waals surface area contributed by atoms with E-state index in [1.54, 1.807) is 0 Å². The predicted octanol–water partition coefficient (Wildman–Crippen LogP) is 20.3. The molecule has 0 saturated carbocycles. The maximum Gasteiger partial charge on any atom is 0.306 e. The minimum absolute atomic E-state index is 0.104. The highest BCUT2D eigenvalue weighted by Gasteiger charge is 2.19. The Morgan fingerprint density at radius 3 is 0.944 bits per heavy atom. The number of carbonyl (C=O) groups is 3. The number of carbonyl (C=O) groups excluding carboxylic acids is 3. The van der Waals surface area contributed by atoms with Crippen molar-refractivity contribution < 1.29 is 28.6 Å².